The fourth-order valence-electron chi connectivity index (χ4n) is 2.51. The van der Waals surface area contributed by atoms with Crippen LogP contribution < -0.4 is 11.5 Å². The summed E-state index contributed by atoms with van der Waals surface area (Å²) in [5, 5.41) is 9.09. The van der Waals surface area contributed by atoms with E-state index in [1.54, 1.807) is 0 Å². The Kier molecular flexibility index (Phi) is 15.9. The first-order chi connectivity index (χ1) is 9.92. The van der Waals surface area contributed by atoms with E-state index in [1.807, 2.05) is 0 Å². The first kappa shape index (κ1) is 24.2. The maximum atomic E-state index is 11.1. The summed E-state index contributed by atoms with van der Waals surface area (Å²) in [5.74, 6) is -1.80. The summed E-state index contributed by atoms with van der Waals surface area (Å²) in [7, 11) is 0. The number of carbonyl (C=O) groups is 2. The first-order valence-electron chi connectivity index (χ1n) is 8.23. The van der Waals surface area contributed by atoms with Crippen LogP contribution in [0.2, 0.25) is 0 Å². The topological polar surface area (TPSA) is 106 Å². The van der Waals surface area contributed by atoms with E-state index in [0.29, 0.717) is 6.42 Å². The summed E-state index contributed by atoms with van der Waals surface area (Å²) in [6, 6.07) is 0. The second-order valence-electron chi connectivity index (χ2n) is 6.04. The molecule has 126 valence electrons. The fraction of sp³-hybridized carbons (Fsp3) is 0.875. The van der Waals surface area contributed by atoms with E-state index in [1.165, 1.54) is 44.9 Å². The molecule has 0 heterocycles. The molecule has 0 bridgehead atoms. The Bertz CT molecular complexity index is 314. The van der Waals surface area contributed by atoms with Gasteiger partial charge < -0.3 is 16.6 Å². The molecule has 0 aromatic rings. The number of hydrogen-bond donors (Lipinski definition) is 3. The number of carboxylic acids is 1. The molecular weight excluding hydrogens is 291 g/mol. The Labute approximate surface area is 156 Å². The fourth-order valence-corrected chi connectivity index (χ4v) is 2.51. The predicted molar refractivity (Wildman–Crippen MR) is 92.0 cm³/mol. The summed E-state index contributed by atoms with van der Waals surface area (Å²) in [6.07, 6.45) is 11.8. The van der Waals surface area contributed by atoms with Gasteiger partial charge in [-0.3, -0.25) is 9.59 Å². The van der Waals surface area contributed by atoms with Crippen LogP contribution in [-0.2, 0) is 9.59 Å². The van der Waals surface area contributed by atoms with Crippen LogP contribution in [0, 0.1) is 0 Å². The summed E-state index contributed by atoms with van der Waals surface area (Å²) in [6.45, 7) is 2.22. The van der Waals surface area contributed by atoms with Gasteiger partial charge in [0, 0.05) is 0 Å². The number of carbonyl (C=O) groups excluding carboxylic acids is 1. The molecule has 5 N–H and O–H groups in total. The first-order valence-corrected chi connectivity index (χ1v) is 8.23. The Morgan fingerprint density at radius 1 is 0.909 bits per heavy atom. The van der Waals surface area contributed by atoms with Crippen molar-refractivity contribution in [3.63, 3.8) is 0 Å². The van der Waals surface area contributed by atoms with Crippen molar-refractivity contribution in [1.29, 1.82) is 0 Å². The maximum absolute atomic E-state index is 11.1. The number of primary amides is 1. The van der Waals surface area contributed by atoms with Crippen LogP contribution in [0.4, 0.5) is 0 Å². The molecule has 0 radical (unpaired) electrons. The van der Waals surface area contributed by atoms with Crippen LogP contribution in [0.1, 0.15) is 84.0 Å². The Hall–Kier alpha value is -0.100. The van der Waals surface area contributed by atoms with Crippen molar-refractivity contribution in [2.45, 2.75) is 89.5 Å². The van der Waals surface area contributed by atoms with Crippen LogP contribution in [-0.4, -0.2) is 52.1 Å². The van der Waals surface area contributed by atoms with Crippen molar-refractivity contribution >= 4 is 41.4 Å². The van der Waals surface area contributed by atoms with Gasteiger partial charge in [-0.15, -0.1) is 0 Å². The van der Waals surface area contributed by atoms with E-state index in [2.05, 4.69) is 6.92 Å². The van der Waals surface area contributed by atoms with Crippen LogP contribution in [0.15, 0.2) is 0 Å². The molecule has 0 aromatic carbocycles. The average molecular weight is 324 g/mol. The van der Waals surface area contributed by atoms with E-state index in [9.17, 15) is 9.59 Å². The number of rotatable bonds is 14. The van der Waals surface area contributed by atoms with Gasteiger partial charge in [0.1, 0.15) is 5.54 Å². The number of unbranched alkanes of at least 4 members (excludes halogenated alkanes) is 9. The Balaban J connectivity index is 0. The molecule has 1 amide bonds. The quantitative estimate of drug-likeness (QED) is 0.337. The molecule has 0 rings (SSSR count). The summed E-state index contributed by atoms with van der Waals surface area (Å²) in [4.78, 5) is 22.0. The number of amides is 1. The summed E-state index contributed by atoms with van der Waals surface area (Å²) < 4.78 is 0. The molecule has 6 heteroatoms. The predicted octanol–water partition coefficient (Wildman–Crippen LogP) is 2.31. The summed E-state index contributed by atoms with van der Waals surface area (Å²) in [5.41, 5.74) is 9.31. The van der Waals surface area contributed by atoms with E-state index in [4.69, 9.17) is 16.6 Å². The van der Waals surface area contributed by atoms with Crippen molar-refractivity contribution in [2.75, 3.05) is 0 Å². The molecule has 0 fully saturated rings. The molecule has 0 aromatic heterocycles. The van der Waals surface area contributed by atoms with Crippen molar-refractivity contribution in [3.8, 4) is 0 Å². The molecule has 0 spiro atoms. The Morgan fingerprint density at radius 2 is 1.32 bits per heavy atom. The monoisotopic (exact) mass is 324 g/mol. The standard InChI is InChI=1S/C16H32N2O3.Na.H/c1-2-3-4-5-6-7-8-9-10-11-12-16(18,15(20)21)13-14(17)19;;/h2-13,18H2,1H3,(H2,17,19)(H,20,21);;. The molecule has 5 nitrogen and oxygen atoms in total. The van der Waals surface area contributed by atoms with Gasteiger partial charge in [0.05, 0.1) is 6.42 Å². The van der Waals surface area contributed by atoms with Crippen LogP contribution in [0.5, 0.6) is 0 Å². The van der Waals surface area contributed by atoms with Crippen LogP contribution >= 0.6 is 0 Å². The van der Waals surface area contributed by atoms with Crippen molar-refractivity contribution < 1.29 is 14.7 Å². The zero-order chi connectivity index (χ0) is 16.1. The molecule has 0 saturated heterocycles. The van der Waals surface area contributed by atoms with E-state index in [0.717, 1.165) is 19.3 Å². The summed E-state index contributed by atoms with van der Waals surface area (Å²) >= 11 is 0. The third-order valence-electron chi connectivity index (χ3n) is 3.89. The molecule has 0 saturated carbocycles. The number of aliphatic carboxylic acids is 1. The van der Waals surface area contributed by atoms with Gasteiger partial charge in [0.2, 0.25) is 5.91 Å². The molecule has 0 aliphatic rings. The second-order valence-corrected chi connectivity index (χ2v) is 6.04. The zero-order valence-electron chi connectivity index (χ0n) is 13.4. The van der Waals surface area contributed by atoms with E-state index < -0.39 is 17.4 Å². The zero-order valence-corrected chi connectivity index (χ0v) is 13.4. The van der Waals surface area contributed by atoms with Crippen LogP contribution in [0.3, 0.4) is 0 Å². The van der Waals surface area contributed by atoms with E-state index >= 15 is 0 Å². The van der Waals surface area contributed by atoms with E-state index in [-0.39, 0.29) is 36.0 Å². The number of carboxylic acid groups (broad SMARTS) is 1. The number of nitrogens with two attached hydrogens (primary N) is 2. The van der Waals surface area contributed by atoms with Gasteiger partial charge in [-0.25, -0.2) is 0 Å². The molecule has 0 aliphatic heterocycles. The van der Waals surface area contributed by atoms with Gasteiger partial charge in [-0.05, 0) is 6.42 Å². The van der Waals surface area contributed by atoms with Gasteiger partial charge in [-0.2, -0.15) is 0 Å². The number of hydrogen-bond acceptors (Lipinski definition) is 3. The molecule has 1 unspecified atom stereocenters. The molecule has 0 aliphatic carbocycles. The Morgan fingerprint density at radius 3 is 1.68 bits per heavy atom. The molecule has 1 atom stereocenters. The van der Waals surface area contributed by atoms with Crippen molar-refractivity contribution in [2.24, 2.45) is 11.5 Å². The average Bonchev–Trinajstić information content (AvgIpc) is 2.40. The third-order valence-corrected chi connectivity index (χ3v) is 3.89. The molecule has 22 heavy (non-hydrogen) atoms. The minimum absolute atomic E-state index is 0. The SMILES string of the molecule is CCCCCCCCCCCCC(N)(CC(N)=O)C(=O)O.[NaH]. The normalized spacial score (nSPS) is 13.2. The third kappa shape index (κ3) is 12.4. The van der Waals surface area contributed by atoms with Crippen molar-refractivity contribution in [1.82, 2.24) is 0 Å². The minimum atomic E-state index is -1.49. The van der Waals surface area contributed by atoms with Crippen molar-refractivity contribution in [3.05, 3.63) is 0 Å². The van der Waals surface area contributed by atoms with Crippen LogP contribution in [0.25, 0.3) is 0 Å². The van der Waals surface area contributed by atoms with Gasteiger partial charge >= 0.3 is 35.5 Å². The van der Waals surface area contributed by atoms with Gasteiger partial charge in [0.15, 0.2) is 0 Å². The second kappa shape index (κ2) is 14.5. The van der Waals surface area contributed by atoms with Gasteiger partial charge in [-0.1, -0.05) is 71.1 Å². The molecular formula is C16H33N2NaO3. The van der Waals surface area contributed by atoms with Gasteiger partial charge in [0.25, 0.3) is 0 Å².